The molecule has 0 saturated carbocycles. The molecule has 2 aromatic carbocycles. The van der Waals surface area contributed by atoms with Crippen LogP contribution in [0.1, 0.15) is 24.6 Å². The molecule has 7 nitrogen and oxygen atoms in total. The number of sulfonamides is 1. The molecule has 1 N–H and O–H groups in total. The van der Waals surface area contributed by atoms with Crippen LogP contribution in [-0.4, -0.2) is 25.9 Å². The number of amides is 1. The van der Waals surface area contributed by atoms with E-state index in [4.69, 9.17) is 4.42 Å². The second-order valence-corrected chi connectivity index (χ2v) is 8.81. The van der Waals surface area contributed by atoms with Crippen molar-refractivity contribution in [2.24, 2.45) is 0 Å². The Morgan fingerprint density at radius 2 is 1.93 bits per heavy atom. The Morgan fingerprint density at radius 1 is 1.17 bits per heavy atom. The molecule has 0 aliphatic carbocycles. The molecule has 29 heavy (non-hydrogen) atoms. The molecule has 0 fully saturated rings. The van der Waals surface area contributed by atoms with Gasteiger partial charge in [0.2, 0.25) is 5.91 Å². The number of anilines is 2. The largest absolute Gasteiger partial charge is 0.423 e. The molecule has 8 heteroatoms. The molecule has 3 aromatic rings. The van der Waals surface area contributed by atoms with Gasteiger partial charge in [-0.1, -0.05) is 18.2 Å². The summed E-state index contributed by atoms with van der Waals surface area (Å²) in [5, 5.41) is 2.54. The van der Waals surface area contributed by atoms with E-state index in [-0.39, 0.29) is 16.8 Å². The van der Waals surface area contributed by atoms with E-state index in [1.165, 1.54) is 11.2 Å². The summed E-state index contributed by atoms with van der Waals surface area (Å²) < 4.78 is 33.4. The molecule has 1 aromatic heterocycles. The van der Waals surface area contributed by atoms with E-state index in [0.717, 1.165) is 24.0 Å². The van der Waals surface area contributed by atoms with Crippen LogP contribution < -0.4 is 9.62 Å². The number of hydrogen-bond donors (Lipinski definition) is 1. The van der Waals surface area contributed by atoms with Gasteiger partial charge < -0.3 is 4.42 Å². The Hall–Kier alpha value is -3.13. The van der Waals surface area contributed by atoms with Crippen LogP contribution in [0.3, 0.4) is 0 Å². The minimum atomic E-state index is -3.62. The second-order valence-electron chi connectivity index (χ2n) is 6.95. The van der Waals surface area contributed by atoms with E-state index in [0.29, 0.717) is 23.7 Å². The Morgan fingerprint density at radius 3 is 2.66 bits per heavy atom. The summed E-state index contributed by atoms with van der Waals surface area (Å²) in [5.41, 5.74) is 3.07. The van der Waals surface area contributed by atoms with Crippen molar-refractivity contribution in [2.75, 3.05) is 16.2 Å². The quantitative estimate of drug-likeness (QED) is 0.706. The summed E-state index contributed by atoms with van der Waals surface area (Å²) in [5.74, 6) is 0.296. The maximum Gasteiger partial charge on any atom is 0.302 e. The Balaban J connectivity index is 1.71. The van der Waals surface area contributed by atoms with E-state index in [9.17, 15) is 13.2 Å². The van der Waals surface area contributed by atoms with Gasteiger partial charge in [0.25, 0.3) is 10.0 Å². The number of rotatable bonds is 4. The van der Waals surface area contributed by atoms with Gasteiger partial charge in [0.15, 0.2) is 5.76 Å². The minimum absolute atomic E-state index is 0.149. The third kappa shape index (κ3) is 3.63. The van der Waals surface area contributed by atoms with Crippen molar-refractivity contribution < 1.29 is 17.6 Å². The predicted molar refractivity (Wildman–Crippen MR) is 110 cm³/mol. The smallest absolute Gasteiger partial charge is 0.302 e. The summed E-state index contributed by atoms with van der Waals surface area (Å²) in [4.78, 5) is 15.7. The van der Waals surface area contributed by atoms with E-state index in [2.05, 4.69) is 10.3 Å². The van der Waals surface area contributed by atoms with Crippen molar-refractivity contribution in [3.8, 4) is 11.3 Å². The number of fused-ring (bicyclic) bond motifs is 1. The van der Waals surface area contributed by atoms with Crippen LogP contribution in [-0.2, 0) is 21.2 Å². The molecule has 0 spiro atoms. The zero-order chi connectivity index (χ0) is 20.6. The highest BCUT2D eigenvalue weighted by Gasteiger charge is 2.29. The van der Waals surface area contributed by atoms with Gasteiger partial charge in [-0.15, -0.1) is 0 Å². The normalized spacial score (nSPS) is 13.8. The molecule has 150 valence electrons. The van der Waals surface area contributed by atoms with Gasteiger partial charge in [-0.05, 0) is 55.7 Å². The number of nitrogens with zero attached hydrogens (tertiary/aromatic N) is 2. The van der Waals surface area contributed by atoms with Crippen LogP contribution >= 0.6 is 0 Å². The van der Waals surface area contributed by atoms with E-state index in [1.807, 2.05) is 18.2 Å². The SMILES string of the molecule is CC(=O)Nc1nc(C)c(-c2ccc3c(c2)CCCN3S(=O)(=O)c2ccccc2)o1. The van der Waals surface area contributed by atoms with Crippen molar-refractivity contribution in [3.63, 3.8) is 0 Å². The van der Waals surface area contributed by atoms with Gasteiger partial charge in [-0.25, -0.2) is 8.42 Å². The maximum absolute atomic E-state index is 13.1. The van der Waals surface area contributed by atoms with Crippen LogP contribution in [0.4, 0.5) is 11.7 Å². The third-order valence-electron chi connectivity index (χ3n) is 4.83. The fourth-order valence-electron chi connectivity index (χ4n) is 3.54. The third-order valence-corrected chi connectivity index (χ3v) is 6.66. The number of hydrogen-bond acceptors (Lipinski definition) is 5. The lowest BCUT2D eigenvalue weighted by atomic mass is 9.99. The molecule has 0 saturated heterocycles. The molecule has 1 aliphatic rings. The molecule has 0 radical (unpaired) electrons. The minimum Gasteiger partial charge on any atom is -0.423 e. The molecular formula is C21H21N3O4S. The van der Waals surface area contributed by atoms with Gasteiger partial charge in [0, 0.05) is 19.0 Å². The van der Waals surface area contributed by atoms with Crippen LogP contribution in [0.15, 0.2) is 57.8 Å². The standard InChI is InChI=1S/C21H21N3O4S/c1-14-20(28-21(22-14)23-15(2)25)17-10-11-19-16(13-17)7-6-12-24(19)29(26,27)18-8-4-3-5-9-18/h3-5,8-11,13H,6-7,12H2,1-2H3,(H,22,23,25). The number of nitrogens with one attached hydrogen (secondary N) is 1. The lowest BCUT2D eigenvalue weighted by Crippen LogP contribution is -2.35. The Kier molecular flexibility index (Phi) is 4.87. The number of oxazole rings is 1. The highest BCUT2D eigenvalue weighted by molar-refractivity contribution is 7.92. The first-order chi connectivity index (χ1) is 13.9. The van der Waals surface area contributed by atoms with Gasteiger partial charge in [-0.3, -0.25) is 14.4 Å². The zero-order valence-corrected chi connectivity index (χ0v) is 17.0. The number of carbonyl (C=O) groups excluding carboxylic acids is 1. The first-order valence-corrected chi connectivity index (χ1v) is 10.8. The number of aryl methyl sites for hydroxylation is 2. The fourth-order valence-corrected chi connectivity index (χ4v) is 5.10. The van der Waals surface area contributed by atoms with E-state index >= 15 is 0 Å². The van der Waals surface area contributed by atoms with Crippen molar-refractivity contribution in [1.82, 2.24) is 4.98 Å². The second kappa shape index (κ2) is 7.36. The molecule has 0 unspecified atom stereocenters. The van der Waals surface area contributed by atoms with Gasteiger partial charge in [-0.2, -0.15) is 4.98 Å². The predicted octanol–water partition coefficient (Wildman–Crippen LogP) is 3.75. The molecule has 4 rings (SSSR count). The van der Waals surface area contributed by atoms with Crippen LogP contribution in [0.2, 0.25) is 0 Å². The zero-order valence-electron chi connectivity index (χ0n) is 16.2. The average Bonchev–Trinajstić information content (AvgIpc) is 3.07. The van der Waals surface area contributed by atoms with Crippen molar-refractivity contribution in [2.45, 2.75) is 31.6 Å². The van der Waals surface area contributed by atoms with E-state index < -0.39 is 10.0 Å². The van der Waals surface area contributed by atoms with Crippen LogP contribution in [0.5, 0.6) is 0 Å². The molecule has 0 bridgehead atoms. The summed E-state index contributed by atoms with van der Waals surface area (Å²) >= 11 is 0. The van der Waals surface area contributed by atoms with Gasteiger partial charge in [0.05, 0.1) is 16.3 Å². The van der Waals surface area contributed by atoms with Crippen molar-refractivity contribution in [1.29, 1.82) is 0 Å². The van der Waals surface area contributed by atoms with Crippen LogP contribution in [0, 0.1) is 6.92 Å². The van der Waals surface area contributed by atoms with Gasteiger partial charge in [0.1, 0.15) is 0 Å². The molecule has 2 heterocycles. The molecule has 0 atom stereocenters. The lowest BCUT2D eigenvalue weighted by molar-refractivity contribution is -0.114. The average molecular weight is 411 g/mol. The topological polar surface area (TPSA) is 92.5 Å². The lowest BCUT2D eigenvalue weighted by Gasteiger charge is -2.30. The number of carbonyl (C=O) groups is 1. The molecule has 1 aliphatic heterocycles. The highest BCUT2D eigenvalue weighted by atomic mass is 32.2. The molecule has 1 amide bonds. The number of benzene rings is 2. The van der Waals surface area contributed by atoms with Crippen molar-refractivity contribution >= 4 is 27.6 Å². The highest BCUT2D eigenvalue weighted by Crippen LogP contribution is 2.36. The van der Waals surface area contributed by atoms with Gasteiger partial charge >= 0.3 is 6.01 Å². The van der Waals surface area contributed by atoms with Crippen molar-refractivity contribution in [3.05, 3.63) is 59.8 Å². The first kappa shape index (κ1) is 19.2. The van der Waals surface area contributed by atoms with Crippen LogP contribution in [0.25, 0.3) is 11.3 Å². The summed E-state index contributed by atoms with van der Waals surface area (Å²) in [6.45, 7) is 3.63. The molecular weight excluding hydrogens is 390 g/mol. The summed E-state index contributed by atoms with van der Waals surface area (Å²) in [6.07, 6.45) is 1.50. The fraction of sp³-hybridized carbons (Fsp3) is 0.238. The Bertz CT molecular complexity index is 1170. The summed E-state index contributed by atoms with van der Waals surface area (Å²) in [6, 6.07) is 14.2. The number of aromatic nitrogens is 1. The summed E-state index contributed by atoms with van der Waals surface area (Å²) in [7, 11) is -3.62. The Labute approximate surface area is 169 Å². The maximum atomic E-state index is 13.1. The van der Waals surface area contributed by atoms with E-state index in [1.54, 1.807) is 37.3 Å². The monoisotopic (exact) mass is 411 g/mol. The first-order valence-electron chi connectivity index (χ1n) is 9.32.